The van der Waals surface area contributed by atoms with E-state index in [0.717, 1.165) is 23.8 Å². The molecular weight excluding hydrogens is 220 g/mol. The lowest BCUT2D eigenvalue weighted by molar-refractivity contribution is 0.244. The molecule has 0 heterocycles. The third-order valence-electron chi connectivity index (χ3n) is 5.57. The van der Waals surface area contributed by atoms with Crippen LogP contribution in [0.4, 0.5) is 0 Å². The summed E-state index contributed by atoms with van der Waals surface area (Å²) in [4.78, 5) is 2.55. The Hall–Kier alpha value is -0.0800. The third-order valence-corrected chi connectivity index (χ3v) is 5.57. The summed E-state index contributed by atoms with van der Waals surface area (Å²) in [6, 6.07) is 0.745. The summed E-state index contributed by atoms with van der Waals surface area (Å²) in [5, 5.41) is 3.57. The molecule has 0 radical (unpaired) electrons. The van der Waals surface area contributed by atoms with Gasteiger partial charge in [0.05, 0.1) is 0 Å². The summed E-state index contributed by atoms with van der Waals surface area (Å²) in [5.74, 6) is 3.22. The molecule has 2 fully saturated rings. The van der Waals surface area contributed by atoms with Gasteiger partial charge in [-0.2, -0.15) is 0 Å². The van der Waals surface area contributed by atoms with Crippen LogP contribution in [0.15, 0.2) is 0 Å². The molecule has 0 spiro atoms. The molecule has 2 heteroatoms. The smallest absolute Gasteiger partial charge is 0.00789 e. The average Bonchev–Trinajstić information content (AvgIpc) is 3.00. The zero-order valence-corrected chi connectivity index (χ0v) is 12.6. The van der Waals surface area contributed by atoms with Crippen molar-refractivity contribution in [1.82, 2.24) is 10.2 Å². The highest BCUT2D eigenvalue weighted by atomic mass is 15.1. The van der Waals surface area contributed by atoms with Crippen molar-refractivity contribution in [3.05, 3.63) is 0 Å². The Morgan fingerprint density at radius 1 is 1.17 bits per heavy atom. The summed E-state index contributed by atoms with van der Waals surface area (Å²) in [6.07, 6.45) is 8.91. The summed E-state index contributed by atoms with van der Waals surface area (Å²) in [6.45, 7) is 8.20. The highest BCUT2D eigenvalue weighted by Crippen LogP contribution is 2.49. The maximum absolute atomic E-state index is 3.57. The first-order chi connectivity index (χ1) is 8.76. The molecule has 4 unspecified atom stereocenters. The maximum atomic E-state index is 3.57. The second-order valence-electron chi connectivity index (χ2n) is 6.47. The molecule has 0 amide bonds. The first-order valence-corrected chi connectivity index (χ1v) is 8.16. The molecule has 106 valence electrons. The molecule has 18 heavy (non-hydrogen) atoms. The zero-order chi connectivity index (χ0) is 13.0. The fourth-order valence-corrected chi connectivity index (χ4v) is 4.29. The number of hydrogen-bond donors (Lipinski definition) is 1. The van der Waals surface area contributed by atoms with Crippen LogP contribution >= 0.6 is 0 Å². The lowest BCUT2D eigenvalue weighted by atomic mass is 9.83. The molecule has 2 saturated carbocycles. The predicted molar refractivity (Wildman–Crippen MR) is 78.8 cm³/mol. The third kappa shape index (κ3) is 3.48. The summed E-state index contributed by atoms with van der Waals surface area (Å²) >= 11 is 0. The van der Waals surface area contributed by atoms with Gasteiger partial charge in [-0.1, -0.05) is 20.3 Å². The van der Waals surface area contributed by atoms with E-state index in [0.29, 0.717) is 0 Å². The van der Waals surface area contributed by atoms with E-state index in [4.69, 9.17) is 0 Å². The van der Waals surface area contributed by atoms with Crippen LogP contribution in [0.2, 0.25) is 0 Å². The van der Waals surface area contributed by atoms with E-state index in [1.807, 2.05) is 0 Å². The highest BCUT2D eigenvalue weighted by Gasteiger charge is 2.39. The van der Waals surface area contributed by atoms with Crippen molar-refractivity contribution in [2.24, 2.45) is 17.8 Å². The Bertz CT molecular complexity index is 237. The number of rotatable bonds is 8. The van der Waals surface area contributed by atoms with Crippen LogP contribution < -0.4 is 5.32 Å². The quantitative estimate of drug-likeness (QED) is 0.714. The zero-order valence-electron chi connectivity index (χ0n) is 12.6. The molecular formula is C16H32N2. The predicted octanol–water partition coefficient (Wildman–Crippen LogP) is 3.13. The SMILES string of the molecule is CCN(CC)CCC(CC1CC2CCC1C2)NC. The van der Waals surface area contributed by atoms with Gasteiger partial charge in [0.2, 0.25) is 0 Å². The van der Waals surface area contributed by atoms with Crippen LogP contribution in [-0.4, -0.2) is 37.6 Å². The fourth-order valence-electron chi connectivity index (χ4n) is 4.29. The van der Waals surface area contributed by atoms with Crippen molar-refractivity contribution in [1.29, 1.82) is 0 Å². The normalized spacial score (nSPS) is 32.3. The van der Waals surface area contributed by atoms with Crippen molar-refractivity contribution >= 4 is 0 Å². The molecule has 0 saturated heterocycles. The van der Waals surface area contributed by atoms with E-state index in [2.05, 4.69) is 31.1 Å². The standard InChI is InChI=1S/C16H32N2/c1-4-18(5-2)9-8-16(17-3)12-15-11-13-6-7-14(15)10-13/h13-17H,4-12H2,1-3H3. The minimum atomic E-state index is 0.745. The van der Waals surface area contributed by atoms with E-state index < -0.39 is 0 Å². The Morgan fingerprint density at radius 2 is 1.94 bits per heavy atom. The van der Waals surface area contributed by atoms with Gasteiger partial charge in [0.1, 0.15) is 0 Å². The summed E-state index contributed by atoms with van der Waals surface area (Å²) in [7, 11) is 2.15. The number of fused-ring (bicyclic) bond motifs is 2. The summed E-state index contributed by atoms with van der Waals surface area (Å²) < 4.78 is 0. The van der Waals surface area contributed by atoms with Gasteiger partial charge in [0.15, 0.2) is 0 Å². The molecule has 2 bridgehead atoms. The molecule has 0 aliphatic heterocycles. The molecule has 1 N–H and O–H groups in total. The van der Waals surface area contributed by atoms with Gasteiger partial charge in [-0.15, -0.1) is 0 Å². The van der Waals surface area contributed by atoms with Gasteiger partial charge in [0.25, 0.3) is 0 Å². The molecule has 2 nitrogen and oxygen atoms in total. The number of nitrogens with one attached hydrogen (secondary N) is 1. The van der Waals surface area contributed by atoms with Crippen LogP contribution in [0.1, 0.15) is 52.4 Å². The van der Waals surface area contributed by atoms with Crippen LogP contribution in [-0.2, 0) is 0 Å². The molecule has 2 aliphatic rings. The monoisotopic (exact) mass is 252 g/mol. The Kier molecular flexibility index (Phi) is 5.50. The molecule has 2 rings (SSSR count). The topological polar surface area (TPSA) is 15.3 Å². The van der Waals surface area contributed by atoms with Crippen molar-refractivity contribution < 1.29 is 0 Å². The van der Waals surface area contributed by atoms with Gasteiger partial charge in [-0.25, -0.2) is 0 Å². The average molecular weight is 252 g/mol. The minimum absolute atomic E-state index is 0.745. The Morgan fingerprint density at radius 3 is 2.44 bits per heavy atom. The number of hydrogen-bond acceptors (Lipinski definition) is 2. The second kappa shape index (κ2) is 6.91. The van der Waals surface area contributed by atoms with Crippen LogP contribution in [0.25, 0.3) is 0 Å². The van der Waals surface area contributed by atoms with Crippen molar-refractivity contribution in [2.75, 3.05) is 26.7 Å². The maximum Gasteiger partial charge on any atom is 0.00789 e. The van der Waals surface area contributed by atoms with Gasteiger partial charge in [-0.3, -0.25) is 0 Å². The van der Waals surface area contributed by atoms with E-state index in [9.17, 15) is 0 Å². The second-order valence-corrected chi connectivity index (χ2v) is 6.47. The largest absolute Gasteiger partial charge is 0.317 e. The molecule has 0 aromatic heterocycles. The van der Waals surface area contributed by atoms with E-state index in [1.165, 1.54) is 51.7 Å². The van der Waals surface area contributed by atoms with Crippen molar-refractivity contribution in [3.63, 3.8) is 0 Å². The van der Waals surface area contributed by atoms with E-state index in [1.54, 1.807) is 6.42 Å². The van der Waals surface area contributed by atoms with Gasteiger partial charge in [-0.05, 0) is 76.5 Å². The highest BCUT2D eigenvalue weighted by molar-refractivity contribution is 4.91. The van der Waals surface area contributed by atoms with Gasteiger partial charge in [0, 0.05) is 6.04 Å². The van der Waals surface area contributed by atoms with Crippen LogP contribution in [0.5, 0.6) is 0 Å². The van der Waals surface area contributed by atoms with E-state index in [-0.39, 0.29) is 0 Å². The first kappa shape index (κ1) is 14.3. The number of nitrogens with zero attached hydrogens (tertiary/aromatic N) is 1. The Labute approximate surface area is 114 Å². The molecule has 0 aromatic carbocycles. The van der Waals surface area contributed by atoms with Gasteiger partial charge >= 0.3 is 0 Å². The van der Waals surface area contributed by atoms with Crippen LogP contribution in [0.3, 0.4) is 0 Å². The van der Waals surface area contributed by atoms with Gasteiger partial charge < -0.3 is 10.2 Å². The van der Waals surface area contributed by atoms with Crippen LogP contribution in [0, 0.1) is 17.8 Å². The summed E-state index contributed by atoms with van der Waals surface area (Å²) in [5.41, 5.74) is 0. The molecule has 2 aliphatic carbocycles. The van der Waals surface area contributed by atoms with Crippen molar-refractivity contribution in [3.8, 4) is 0 Å². The Balaban J connectivity index is 1.72. The lowest BCUT2D eigenvalue weighted by Crippen LogP contribution is -2.34. The lowest BCUT2D eigenvalue weighted by Gasteiger charge is -2.28. The molecule has 4 atom stereocenters. The minimum Gasteiger partial charge on any atom is -0.317 e. The first-order valence-electron chi connectivity index (χ1n) is 8.16. The van der Waals surface area contributed by atoms with Crippen molar-refractivity contribution in [2.45, 2.75) is 58.4 Å². The molecule has 0 aromatic rings. The fraction of sp³-hybridized carbons (Fsp3) is 1.00. The van der Waals surface area contributed by atoms with E-state index >= 15 is 0 Å².